The summed E-state index contributed by atoms with van der Waals surface area (Å²) in [5, 5.41) is 11.6. The van der Waals surface area contributed by atoms with Gasteiger partial charge in [0.25, 0.3) is 0 Å². The molecule has 22 heavy (non-hydrogen) atoms. The van der Waals surface area contributed by atoms with Gasteiger partial charge in [-0.3, -0.25) is 14.2 Å². The second-order valence-corrected chi connectivity index (χ2v) is 7.12. The molecule has 2 rings (SSSR count). The quantitative estimate of drug-likeness (QED) is 0.490. The lowest BCUT2D eigenvalue weighted by molar-refractivity contribution is -0.121. The summed E-state index contributed by atoms with van der Waals surface area (Å²) in [5.74, 6) is 0.0565. The Morgan fingerprint density at radius 3 is 2.50 bits per heavy atom. The number of hydrogen-bond donors (Lipinski definition) is 1. The fourth-order valence-corrected chi connectivity index (χ4v) is 2.73. The standard InChI is InChI=1S/C14H19BrIN5O/c1-10-12(15)8-20(18-10)6-3-5-17-14(22)4-7-21-9-13(16)11(2)19-21/h8-9H,3-7H2,1-2H3,(H,17,22). The number of nitrogens with zero attached hydrogens (tertiary/aromatic N) is 4. The van der Waals surface area contributed by atoms with Gasteiger partial charge in [-0.15, -0.1) is 0 Å². The van der Waals surface area contributed by atoms with Crippen LogP contribution in [0.4, 0.5) is 0 Å². The van der Waals surface area contributed by atoms with E-state index in [-0.39, 0.29) is 5.91 Å². The third-order valence-electron chi connectivity index (χ3n) is 3.23. The molecule has 2 aromatic heterocycles. The van der Waals surface area contributed by atoms with Crippen molar-refractivity contribution in [1.29, 1.82) is 0 Å². The number of carbonyl (C=O) groups excluding carboxylic acids is 1. The number of nitrogens with one attached hydrogen (secondary N) is 1. The van der Waals surface area contributed by atoms with Crippen molar-refractivity contribution in [3.8, 4) is 0 Å². The normalized spacial score (nSPS) is 10.9. The Morgan fingerprint density at radius 2 is 1.91 bits per heavy atom. The van der Waals surface area contributed by atoms with Gasteiger partial charge < -0.3 is 5.32 Å². The summed E-state index contributed by atoms with van der Waals surface area (Å²) in [7, 11) is 0. The van der Waals surface area contributed by atoms with Gasteiger partial charge in [-0.05, 0) is 58.8 Å². The van der Waals surface area contributed by atoms with Crippen LogP contribution in [0.3, 0.4) is 0 Å². The maximum absolute atomic E-state index is 11.8. The number of amides is 1. The summed E-state index contributed by atoms with van der Waals surface area (Å²) < 4.78 is 5.85. The first kappa shape index (κ1) is 17.5. The van der Waals surface area contributed by atoms with Crippen molar-refractivity contribution in [3.05, 3.63) is 31.8 Å². The maximum Gasteiger partial charge on any atom is 0.221 e. The summed E-state index contributed by atoms with van der Waals surface area (Å²) in [6.45, 7) is 5.99. The van der Waals surface area contributed by atoms with Crippen molar-refractivity contribution in [3.63, 3.8) is 0 Å². The average molecular weight is 480 g/mol. The predicted octanol–water partition coefficient (Wildman–Crippen LogP) is 2.66. The van der Waals surface area contributed by atoms with Gasteiger partial charge in [-0.1, -0.05) is 0 Å². The highest BCUT2D eigenvalue weighted by Gasteiger charge is 2.05. The van der Waals surface area contributed by atoms with Crippen LogP contribution in [0.1, 0.15) is 24.2 Å². The van der Waals surface area contributed by atoms with Crippen molar-refractivity contribution in [2.45, 2.75) is 39.8 Å². The molecular weight excluding hydrogens is 461 g/mol. The fourth-order valence-electron chi connectivity index (χ4n) is 1.99. The summed E-state index contributed by atoms with van der Waals surface area (Å²) in [5.41, 5.74) is 1.98. The van der Waals surface area contributed by atoms with E-state index in [0.29, 0.717) is 19.5 Å². The zero-order valence-electron chi connectivity index (χ0n) is 12.6. The van der Waals surface area contributed by atoms with Crippen LogP contribution in [0, 0.1) is 17.4 Å². The summed E-state index contributed by atoms with van der Waals surface area (Å²) >= 11 is 5.68. The number of carbonyl (C=O) groups is 1. The molecule has 0 saturated heterocycles. The summed E-state index contributed by atoms with van der Waals surface area (Å²) in [4.78, 5) is 11.8. The first-order valence-corrected chi connectivity index (χ1v) is 8.98. The molecule has 120 valence electrons. The van der Waals surface area contributed by atoms with E-state index >= 15 is 0 Å². The van der Waals surface area contributed by atoms with Gasteiger partial charge in [0.1, 0.15) is 0 Å². The van der Waals surface area contributed by atoms with Gasteiger partial charge in [0, 0.05) is 38.4 Å². The van der Waals surface area contributed by atoms with Crippen LogP contribution in [0.25, 0.3) is 0 Å². The topological polar surface area (TPSA) is 64.7 Å². The first-order valence-electron chi connectivity index (χ1n) is 7.11. The summed E-state index contributed by atoms with van der Waals surface area (Å²) in [6.07, 6.45) is 5.22. The van der Waals surface area contributed by atoms with E-state index in [9.17, 15) is 4.79 Å². The van der Waals surface area contributed by atoms with Gasteiger partial charge in [0.2, 0.25) is 5.91 Å². The van der Waals surface area contributed by atoms with Crippen LogP contribution in [-0.4, -0.2) is 32.0 Å². The number of aromatic nitrogens is 4. The van der Waals surface area contributed by atoms with Crippen molar-refractivity contribution < 1.29 is 4.79 Å². The molecule has 0 fully saturated rings. The van der Waals surface area contributed by atoms with Crippen molar-refractivity contribution in [1.82, 2.24) is 24.9 Å². The Kier molecular flexibility index (Phi) is 6.42. The SMILES string of the molecule is Cc1nn(CCCNC(=O)CCn2cc(I)c(C)n2)cc1Br. The first-order chi connectivity index (χ1) is 10.5. The number of hydrogen-bond acceptors (Lipinski definition) is 3. The number of rotatable bonds is 7. The van der Waals surface area contributed by atoms with E-state index in [1.54, 1.807) is 0 Å². The molecule has 2 aromatic rings. The van der Waals surface area contributed by atoms with E-state index < -0.39 is 0 Å². The minimum Gasteiger partial charge on any atom is -0.356 e. The highest BCUT2D eigenvalue weighted by atomic mass is 127. The third-order valence-corrected chi connectivity index (χ3v) is 5.06. The maximum atomic E-state index is 11.8. The Balaban J connectivity index is 1.63. The molecule has 0 aliphatic carbocycles. The molecule has 0 aromatic carbocycles. The molecular formula is C14H19BrIN5O. The highest BCUT2D eigenvalue weighted by molar-refractivity contribution is 14.1. The lowest BCUT2D eigenvalue weighted by atomic mass is 10.3. The zero-order chi connectivity index (χ0) is 16.1. The summed E-state index contributed by atoms with van der Waals surface area (Å²) in [6, 6.07) is 0. The second kappa shape index (κ2) is 8.09. The Hall–Kier alpha value is -0.900. The minimum absolute atomic E-state index is 0.0565. The number of halogens is 2. The van der Waals surface area contributed by atoms with Gasteiger partial charge >= 0.3 is 0 Å². The molecule has 0 saturated carbocycles. The van der Waals surface area contributed by atoms with E-state index in [0.717, 1.165) is 32.4 Å². The van der Waals surface area contributed by atoms with Gasteiger partial charge in [0.05, 0.1) is 19.4 Å². The average Bonchev–Trinajstić information content (AvgIpc) is 2.96. The molecule has 2 heterocycles. The second-order valence-electron chi connectivity index (χ2n) is 5.10. The Labute approximate surface area is 151 Å². The van der Waals surface area contributed by atoms with E-state index in [2.05, 4.69) is 54.0 Å². The molecule has 6 nitrogen and oxygen atoms in total. The van der Waals surface area contributed by atoms with Gasteiger partial charge in [-0.25, -0.2) is 0 Å². The minimum atomic E-state index is 0.0565. The monoisotopic (exact) mass is 479 g/mol. The van der Waals surface area contributed by atoms with Crippen LogP contribution in [0.5, 0.6) is 0 Å². The Morgan fingerprint density at radius 1 is 1.23 bits per heavy atom. The van der Waals surface area contributed by atoms with E-state index in [1.807, 2.05) is 35.6 Å². The van der Waals surface area contributed by atoms with E-state index in [1.165, 1.54) is 0 Å². The van der Waals surface area contributed by atoms with Crippen LogP contribution >= 0.6 is 38.5 Å². The molecule has 0 unspecified atom stereocenters. The van der Waals surface area contributed by atoms with Crippen LogP contribution in [-0.2, 0) is 17.9 Å². The molecule has 0 bridgehead atoms. The van der Waals surface area contributed by atoms with Crippen LogP contribution in [0.2, 0.25) is 0 Å². The highest BCUT2D eigenvalue weighted by Crippen LogP contribution is 2.13. The molecule has 0 aliphatic heterocycles. The predicted molar refractivity (Wildman–Crippen MR) is 96.6 cm³/mol. The van der Waals surface area contributed by atoms with Gasteiger partial charge in [-0.2, -0.15) is 10.2 Å². The molecule has 0 spiro atoms. The van der Waals surface area contributed by atoms with Crippen molar-refractivity contribution >= 4 is 44.4 Å². The molecule has 0 aliphatic rings. The van der Waals surface area contributed by atoms with Crippen molar-refractivity contribution in [2.75, 3.05) is 6.54 Å². The molecule has 1 N–H and O–H groups in total. The molecule has 0 atom stereocenters. The lowest BCUT2D eigenvalue weighted by Gasteiger charge is -2.05. The van der Waals surface area contributed by atoms with Crippen LogP contribution in [0.15, 0.2) is 16.9 Å². The number of aryl methyl sites for hydroxylation is 4. The largest absolute Gasteiger partial charge is 0.356 e. The smallest absolute Gasteiger partial charge is 0.221 e. The van der Waals surface area contributed by atoms with Gasteiger partial charge in [0.15, 0.2) is 0 Å². The lowest BCUT2D eigenvalue weighted by Crippen LogP contribution is -2.26. The molecule has 1 amide bonds. The van der Waals surface area contributed by atoms with E-state index in [4.69, 9.17) is 0 Å². The van der Waals surface area contributed by atoms with Crippen molar-refractivity contribution in [2.24, 2.45) is 0 Å². The van der Waals surface area contributed by atoms with Crippen LogP contribution < -0.4 is 5.32 Å². The molecule has 0 radical (unpaired) electrons. The fraction of sp³-hybridized carbons (Fsp3) is 0.500. The molecule has 8 heteroatoms. The third kappa shape index (κ3) is 5.08. The zero-order valence-corrected chi connectivity index (χ0v) is 16.4. The Bertz CT molecular complexity index is 613.